The first-order valence-electron chi connectivity index (χ1n) is 8.61. The third kappa shape index (κ3) is 3.38. The average molecular weight is 394 g/mol. The van der Waals surface area contributed by atoms with E-state index in [0.717, 1.165) is 30.3 Å². The third-order valence-corrected chi connectivity index (χ3v) is 5.38. The van der Waals surface area contributed by atoms with Crippen LogP contribution in [0.5, 0.6) is 5.75 Å². The Kier molecular flexibility index (Phi) is 4.76. The Morgan fingerprint density at radius 3 is 2.88 bits per heavy atom. The van der Waals surface area contributed by atoms with E-state index in [1.54, 1.807) is 6.07 Å². The molecule has 2 aromatic heterocycles. The molecule has 3 atom stereocenters. The molecular weight excluding hydrogens is 376 g/mol. The maximum Gasteiger partial charge on any atom is 0.235 e. The summed E-state index contributed by atoms with van der Waals surface area (Å²) in [6, 6.07) is 9.95. The highest BCUT2D eigenvalue weighted by atomic mass is 35.5. The quantitative estimate of drug-likeness (QED) is 0.406. The lowest BCUT2D eigenvalue weighted by Crippen LogP contribution is -2.06. The van der Waals surface area contributed by atoms with Gasteiger partial charge in [0.05, 0.1) is 5.39 Å². The minimum absolute atomic E-state index is 0.155. The van der Waals surface area contributed by atoms with E-state index in [-0.39, 0.29) is 5.28 Å². The van der Waals surface area contributed by atoms with Crippen LogP contribution in [0.15, 0.2) is 36.5 Å². The molecular formula is C19H18Cl2FN3O. The van der Waals surface area contributed by atoms with Crippen molar-refractivity contribution in [1.29, 1.82) is 0 Å². The van der Waals surface area contributed by atoms with Crippen LogP contribution in [0.1, 0.15) is 43.7 Å². The Morgan fingerprint density at radius 2 is 2.08 bits per heavy atom. The van der Waals surface area contributed by atoms with Crippen molar-refractivity contribution in [2.24, 2.45) is 0 Å². The summed E-state index contributed by atoms with van der Waals surface area (Å²) in [6.45, 7) is 1.38. The Balaban J connectivity index is 1.58. The molecule has 0 spiro atoms. The van der Waals surface area contributed by atoms with Gasteiger partial charge in [0, 0.05) is 19.2 Å². The fourth-order valence-electron chi connectivity index (χ4n) is 3.81. The molecule has 0 saturated heterocycles. The van der Waals surface area contributed by atoms with Crippen LogP contribution in [0.3, 0.4) is 0 Å². The van der Waals surface area contributed by atoms with Crippen LogP contribution >= 0.6 is 23.2 Å². The molecule has 7 heteroatoms. The molecule has 0 bridgehead atoms. The molecule has 3 aromatic rings. The molecule has 0 aliphatic heterocycles. The van der Waals surface area contributed by atoms with Gasteiger partial charge in [-0.25, -0.2) is 9.37 Å². The molecule has 1 aliphatic carbocycles. The topological polar surface area (TPSA) is 39.9 Å². The lowest BCUT2D eigenvalue weighted by atomic mass is 9.97. The standard InChI is InChI=1S/C19H18Cl2FN3O/c1-11(22)26-15-4-2-3-12(10-15)13-5-6-14(9-13)25-8-7-16-17(20)23-19(21)24-18(16)25/h2-4,7-8,10-11,13-14H,5-6,9H2,1H3. The molecule has 0 radical (unpaired) electrons. The Labute approximate surface area is 160 Å². The van der Waals surface area contributed by atoms with Crippen molar-refractivity contribution < 1.29 is 9.13 Å². The first-order valence-corrected chi connectivity index (χ1v) is 9.37. The number of hydrogen-bond donors (Lipinski definition) is 0. The van der Waals surface area contributed by atoms with E-state index < -0.39 is 6.36 Å². The monoisotopic (exact) mass is 393 g/mol. The molecule has 2 heterocycles. The molecule has 1 saturated carbocycles. The molecule has 0 amide bonds. The van der Waals surface area contributed by atoms with Crippen LogP contribution in [0.2, 0.25) is 10.4 Å². The lowest BCUT2D eigenvalue weighted by molar-refractivity contribution is 0.0859. The van der Waals surface area contributed by atoms with Crippen molar-refractivity contribution in [3.8, 4) is 5.75 Å². The summed E-state index contributed by atoms with van der Waals surface area (Å²) in [7, 11) is 0. The van der Waals surface area contributed by atoms with Gasteiger partial charge < -0.3 is 9.30 Å². The van der Waals surface area contributed by atoms with Crippen LogP contribution < -0.4 is 4.74 Å². The molecule has 3 unspecified atom stereocenters. The molecule has 136 valence electrons. The van der Waals surface area contributed by atoms with Gasteiger partial charge >= 0.3 is 0 Å². The normalized spacial score (nSPS) is 21.2. The van der Waals surface area contributed by atoms with E-state index >= 15 is 0 Å². The number of benzene rings is 1. The minimum atomic E-state index is -1.32. The van der Waals surface area contributed by atoms with Crippen LogP contribution in [-0.2, 0) is 0 Å². The zero-order valence-corrected chi connectivity index (χ0v) is 15.7. The van der Waals surface area contributed by atoms with Crippen LogP contribution in [0.4, 0.5) is 4.39 Å². The van der Waals surface area contributed by atoms with E-state index in [0.29, 0.717) is 22.9 Å². The zero-order valence-electron chi connectivity index (χ0n) is 14.2. The van der Waals surface area contributed by atoms with Crippen molar-refractivity contribution in [2.45, 2.75) is 44.5 Å². The maximum absolute atomic E-state index is 13.1. The van der Waals surface area contributed by atoms with Crippen molar-refractivity contribution in [2.75, 3.05) is 0 Å². The molecule has 4 nitrogen and oxygen atoms in total. The Morgan fingerprint density at radius 1 is 1.23 bits per heavy atom. The number of fused-ring (bicyclic) bond motifs is 1. The molecule has 1 aliphatic rings. The predicted octanol–water partition coefficient (Wildman–Crippen LogP) is 5.94. The van der Waals surface area contributed by atoms with Crippen LogP contribution in [0, 0.1) is 0 Å². The third-order valence-electron chi connectivity index (χ3n) is 4.92. The van der Waals surface area contributed by atoms with Gasteiger partial charge in [0.25, 0.3) is 0 Å². The smallest absolute Gasteiger partial charge is 0.235 e. The zero-order chi connectivity index (χ0) is 18.3. The molecule has 26 heavy (non-hydrogen) atoms. The summed E-state index contributed by atoms with van der Waals surface area (Å²) >= 11 is 12.2. The number of alkyl halides is 1. The average Bonchev–Trinajstić information content (AvgIpc) is 3.21. The number of hydrogen-bond acceptors (Lipinski definition) is 3. The second-order valence-electron chi connectivity index (χ2n) is 6.64. The SMILES string of the molecule is CC(F)Oc1cccc(C2CCC(n3ccc4c(Cl)nc(Cl)nc43)C2)c1. The van der Waals surface area contributed by atoms with Crippen molar-refractivity contribution in [1.82, 2.24) is 14.5 Å². The first kappa shape index (κ1) is 17.6. The Bertz CT molecular complexity index is 944. The van der Waals surface area contributed by atoms with Gasteiger partial charge in [-0.15, -0.1) is 0 Å². The lowest BCUT2D eigenvalue weighted by Gasteiger charge is -2.15. The van der Waals surface area contributed by atoms with Gasteiger partial charge in [-0.2, -0.15) is 4.98 Å². The fraction of sp³-hybridized carbons (Fsp3) is 0.368. The number of rotatable bonds is 4. The second kappa shape index (κ2) is 7.05. The van der Waals surface area contributed by atoms with Gasteiger partial charge in [0.1, 0.15) is 16.5 Å². The van der Waals surface area contributed by atoms with Gasteiger partial charge in [-0.05, 0) is 60.5 Å². The second-order valence-corrected chi connectivity index (χ2v) is 7.34. The van der Waals surface area contributed by atoms with Gasteiger partial charge in [-0.3, -0.25) is 0 Å². The molecule has 1 aromatic carbocycles. The van der Waals surface area contributed by atoms with Crippen molar-refractivity contribution >= 4 is 34.2 Å². The van der Waals surface area contributed by atoms with E-state index in [9.17, 15) is 4.39 Å². The molecule has 1 fully saturated rings. The summed E-state index contributed by atoms with van der Waals surface area (Å²) < 4.78 is 20.4. The summed E-state index contributed by atoms with van der Waals surface area (Å²) in [4.78, 5) is 8.36. The molecule has 4 rings (SSSR count). The van der Waals surface area contributed by atoms with E-state index in [1.807, 2.05) is 24.4 Å². The Hall–Kier alpha value is -1.85. The van der Waals surface area contributed by atoms with E-state index in [4.69, 9.17) is 27.9 Å². The predicted molar refractivity (Wildman–Crippen MR) is 101 cm³/mol. The summed E-state index contributed by atoms with van der Waals surface area (Å²) in [5.41, 5.74) is 1.94. The largest absolute Gasteiger partial charge is 0.461 e. The maximum atomic E-state index is 13.1. The number of aromatic nitrogens is 3. The minimum Gasteiger partial charge on any atom is -0.461 e. The van der Waals surface area contributed by atoms with E-state index in [1.165, 1.54) is 12.5 Å². The highest BCUT2D eigenvalue weighted by Crippen LogP contribution is 2.43. The summed E-state index contributed by atoms with van der Waals surface area (Å²) in [6.07, 6.45) is 3.72. The number of ether oxygens (including phenoxy) is 1. The van der Waals surface area contributed by atoms with Crippen LogP contribution in [-0.4, -0.2) is 20.9 Å². The highest BCUT2D eigenvalue weighted by Gasteiger charge is 2.28. The highest BCUT2D eigenvalue weighted by molar-refractivity contribution is 6.35. The van der Waals surface area contributed by atoms with Gasteiger partial charge in [-0.1, -0.05) is 23.7 Å². The van der Waals surface area contributed by atoms with Gasteiger partial charge in [0.15, 0.2) is 0 Å². The van der Waals surface area contributed by atoms with Gasteiger partial charge in [0.2, 0.25) is 11.6 Å². The summed E-state index contributed by atoms with van der Waals surface area (Å²) in [5, 5.41) is 1.34. The van der Waals surface area contributed by atoms with Crippen molar-refractivity contribution in [3.05, 3.63) is 52.5 Å². The van der Waals surface area contributed by atoms with Crippen LogP contribution in [0.25, 0.3) is 11.0 Å². The fourth-order valence-corrected chi connectivity index (χ4v) is 4.24. The van der Waals surface area contributed by atoms with E-state index in [2.05, 4.69) is 20.6 Å². The number of halogens is 3. The summed E-state index contributed by atoms with van der Waals surface area (Å²) in [5.74, 6) is 0.961. The van der Waals surface area contributed by atoms with Crippen molar-refractivity contribution in [3.63, 3.8) is 0 Å². The number of nitrogens with zero attached hydrogens (tertiary/aromatic N) is 3. The first-order chi connectivity index (χ1) is 12.5. The molecule has 0 N–H and O–H groups in total.